The molecule has 0 bridgehead atoms. The first-order valence-corrected chi connectivity index (χ1v) is 9.60. The Hall–Kier alpha value is -1.98. The van der Waals surface area contributed by atoms with E-state index in [4.69, 9.17) is 10.7 Å². The lowest BCUT2D eigenvalue weighted by Gasteiger charge is -2.27. The van der Waals surface area contributed by atoms with Gasteiger partial charge in [-0.15, -0.1) is 5.92 Å². The number of aromatic nitrogens is 4. The Balaban J connectivity index is 2.15. The zero-order valence-corrected chi connectivity index (χ0v) is 15.6. The number of anilines is 1. The van der Waals surface area contributed by atoms with E-state index in [9.17, 15) is 4.79 Å². The van der Waals surface area contributed by atoms with E-state index in [0.29, 0.717) is 35.2 Å². The van der Waals surface area contributed by atoms with Gasteiger partial charge < -0.3 is 10.6 Å². The van der Waals surface area contributed by atoms with Gasteiger partial charge in [-0.2, -0.15) is 4.98 Å². The van der Waals surface area contributed by atoms with Crippen molar-refractivity contribution in [2.24, 2.45) is 12.8 Å². The van der Waals surface area contributed by atoms with Crippen LogP contribution < -0.4 is 16.2 Å². The third kappa shape index (κ3) is 3.53. The summed E-state index contributed by atoms with van der Waals surface area (Å²) < 4.78 is 3.50. The van der Waals surface area contributed by atoms with Gasteiger partial charge in [0.15, 0.2) is 16.3 Å². The molecule has 1 saturated heterocycles. The first kappa shape index (κ1) is 17.8. The van der Waals surface area contributed by atoms with Crippen molar-refractivity contribution in [3.05, 3.63) is 10.4 Å². The minimum absolute atomic E-state index is 0.0850. The number of nitrogens with zero attached hydrogens (tertiary/aromatic N) is 5. The molecule has 0 radical (unpaired) electrons. The lowest BCUT2D eigenvalue weighted by molar-refractivity contribution is 0.561. The van der Waals surface area contributed by atoms with Gasteiger partial charge >= 0.3 is 0 Å². The van der Waals surface area contributed by atoms with Crippen LogP contribution in [-0.4, -0.2) is 44.5 Å². The molecule has 1 aliphatic rings. The summed E-state index contributed by atoms with van der Waals surface area (Å²) >= 11 is 1.48. The summed E-state index contributed by atoms with van der Waals surface area (Å²) in [5, 5.41) is 0.652. The molecular weight excluding hydrogens is 336 g/mol. The van der Waals surface area contributed by atoms with Crippen LogP contribution in [0.5, 0.6) is 0 Å². The fraction of sp³-hybridized carbons (Fsp3) is 0.588. The van der Waals surface area contributed by atoms with E-state index in [1.807, 2.05) is 4.57 Å². The molecule has 0 amide bonds. The highest BCUT2D eigenvalue weighted by atomic mass is 32.2. The molecule has 3 heterocycles. The van der Waals surface area contributed by atoms with Crippen LogP contribution in [0.25, 0.3) is 11.2 Å². The molecule has 3 rings (SSSR count). The zero-order chi connectivity index (χ0) is 17.8. The van der Waals surface area contributed by atoms with E-state index in [1.165, 1.54) is 18.2 Å². The Morgan fingerprint density at radius 3 is 2.68 bits per heavy atom. The van der Waals surface area contributed by atoms with Crippen LogP contribution >= 0.6 is 11.8 Å². The van der Waals surface area contributed by atoms with Gasteiger partial charge in [-0.05, 0) is 26.2 Å². The van der Waals surface area contributed by atoms with Gasteiger partial charge in [0.1, 0.15) is 0 Å². The molecule has 0 aliphatic carbocycles. The molecule has 8 heteroatoms. The van der Waals surface area contributed by atoms with Crippen LogP contribution in [0.3, 0.4) is 0 Å². The lowest BCUT2D eigenvalue weighted by atomic mass is 10.1. The highest BCUT2D eigenvalue weighted by Crippen LogP contribution is 2.24. The van der Waals surface area contributed by atoms with Crippen LogP contribution in [0.2, 0.25) is 0 Å². The second-order valence-electron chi connectivity index (χ2n) is 6.04. The molecule has 0 saturated carbocycles. The number of imidazole rings is 1. The third-order valence-corrected chi connectivity index (χ3v) is 5.39. The molecule has 0 unspecified atom stereocenters. The van der Waals surface area contributed by atoms with Crippen LogP contribution in [-0.2, 0) is 13.6 Å². The van der Waals surface area contributed by atoms with Gasteiger partial charge in [-0.25, -0.2) is 4.98 Å². The second kappa shape index (κ2) is 7.93. The Kier molecular flexibility index (Phi) is 5.66. The summed E-state index contributed by atoms with van der Waals surface area (Å²) in [4.78, 5) is 24.5. The van der Waals surface area contributed by atoms with Crippen molar-refractivity contribution in [2.75, 3.05) is 30.3 Å². The fourth-order valence-electron chi connectivity index (χ4n) is 3.05. The molecule has 2 aromatic heterocycles. The van der Waals surface area contributed by atoms with Gasteiger partial charge in [0, 0.05) is 32.4 Å². The average molecular weight is 360 g/mol. The van der Waals surface area contributed by atoms with E-state index in [0.717, 1.165) is 31.9 Å². The predicted molar refractivity (Wildman–Crippen MR) is 102 cm³/mol. The number of piperidine rings is 1. The molecule has 1 fully saturated rings. The SMILES string of the molecule is CC#CCn1c(N2CCCCC2)nc2nc(SCCN)n(C)c(=O)c21. The molecule has 0 aromatic carbocycles. The van der Waals surface area contributed by atoms with Crippen molar-refractivity contribution in [3.8, 4) is 11.8 Å². The van der Waals surface area contributed by atoms with Crippen molar-refractivity contribution in [2.45, 2.75) is 37.9 Å². The van der Waals surface area contributed by atoms with E-state index < -0.39 is 0 Å². The number of hydrogen-bond donors (Lipinski definition) is 1. The van der Waals surface area contributed by atoms with Gasteiger partial charge in [-0.1, -0.05) is 17.7 Å². The van der Waals surface area contributed by atoms with Crippen LogP contribution in [0.1, 0.15) is 26.2 Å². The Morgan fingerprint density at radius 1 is 1.24 bits per heavy atom. The zero-order valence-electron chi connectivity index (χ0n) is 14.8. The average Bonchev–Trinajstić information content (AvgIpc) is 3.01. The Labute approximate surface area is 151 Å². The molecule has 0 spiro atoms. The molecular formula is C17H24N6OS. The third-order valence-electron chi connectivity index (χ3n) is 4.33. The van der Waals surface area contributed by atoms with Crippen LogP contribution in [0.4, 0.5) is 5.95 Å². The summed E-state index contributed by atoms with van der Waals surface area (Å²) in [5.74, 6) is 7.50. The fourth-order valence-corrected chi connectivity index (χ4v) is 3.78. The lowest BCUT2D eigenvalue weighted by Crippen LogP contribution is -2.32. The predicted octanol–water partition coefficient (Wildman–Crippen LogP) is 1.19. The summed E-state index contributed by atoms with van der Waals surface area (Å²) in [6.45, 7) is 4.71. The Bertz CT molecular complexity index is 869. The number of rotatable bonds is 5. The van der Waals surface area contributed by atoms with Crippen molar-refractivity contribution in [1.82, 2.24) is 19.1 Å². The second-order valence-corrected chi connectivity index (χ2v) is 7.10. The van der Waals surface area contributed by atoms with E-state index in [2.05, 4.69) is 21.7 Å². The highest BCUT2D eigenvalue weighted by molar-refractivity contribution is 7.99. The van der Waals surface area contributed by atoms with Gasteiger partial charge in [0.25, 0.3) is 5.56 Å². The Morgan fingerprint density at radius 2 is 2.00 bits per heavy atom. The van der Waals surface area contributed by atoms with E-state index >= 15 is 0 Å². The van der Waals surface area contributed by atoms with Crippen molar-refractivity contribution in [1.29, 1.82) is 0 Å². The van der Waals surface area contributed by atoms with Gasteiger partial charge in [0.2, 0.25) is 5.95 Å². The van der Waals surface area contributed by atoms with Crippen molar-refractivity contribution >= 4 is 28.9 Å². The summed E-state index contributed by atoms with van der Waals surface area (Å²) in [6, 6.07) is 0. The smallest absolute Gasteiger partial charge is 0.280 e. The topological polar surface area (TPSA) is 82.0 Å². The maximum Gasteiger partial charge on any atom is 0.280 e. The standard InChI is InChI=1S/C17H24N6OS/c1-3-4-11-23-13-14(19-16(23)22-9-6-5-7-10-22)20-17(25-12-8-18)21(2)15(13)24/h5-12,18H2,1-2H3. The molecule has 134 valence electrons. The molecule has 7 nitrogen and oxygen atoms in total. The monoisotopic (exact) mass is 360 g/mol. The van der Waals surface area contributed by atoms with Crippen LogP contribution in [0.15, 0.2) is 9.95 Å². The number of fused-ring (bicyclic) bond motifs is 1. The summed E-state index contributed by atoms with van der Waals surface area (Å²) in [6.07, 6.45) is 3.53. The van der Waals surface area contributed by atoms with Gasteiger partial charge in [-0.3, -0.25) is 13.9 Å². The first-order valence-electron chi connectivity index (χ1n) is 8.62. The van der Waals surface area contributed by atoms with E-state index in [1.54, 1.807) is 18.5 Å². The molecule has 2 aromatic rings. The van der Waals surface area contributed by atoms with Crippen molar-refractivity contribution in [3.63, 3.8) is 0 Å². The number of thioether (sulfide) groups is 1. The summed E-state index contributed by atoms with van der Waals surface area (Å²) in [5.41, 5.74) is 6.53. The molecule has 2 N–H and O–H groups in total. The highest BCUT2D eigenvalue weighted by Gasteiger charge is 2.22. The van der Waals surface area contributed by atoms with Crippen molar-refractivity contribution < 1.29 is 0 Å². The minimum Gasteiger partial charge on any atom is -0.342 e. The normalized spacial score (nSPS) is 14.6. The maximum atomic E-state index is 12.9. The molecule has 1 aliphatic heterocycles. The largest absolute Gasteiger partial charge is 0.342 e. The quantitative estimate of drug-likeness (QED) is 0.490. The van der Waals surface area contributed by atoms with Gasteiger partial charge in [0.05, 0.1) is 6.54 Å². The number of hydrogen-bond acceptors (Lipinski definition) is 6. The number of nitrogens with two attached hydrogens (primary N) is 1. The maximum absolute atomic E-state index is 12.9. The summed E-state index contributed by atoms with van der Waals surface area (Å²) in [7, 11) is 1.75. The van der Waals surface area contributed by atoms with Crippen LogP contribution in [0, 0.1) is 11.8 Å². The molecule has 0 atom stereocenters. The first-order chi connectivity index (χ1) is 12.2. The minimum atomic E-state index is -0.0850. The van der Waals surface area contributed by atoms with E-state index in [-0.39, 0.29) is 5.56 Å². The molecule has 25 heavy (non-hydrogen) atoms.